The highest BCUT2D eigenvalue weighted by Gasteiger charge is 2.24. The molecule has 0 spiro atoms. The second-order valence-electron chi connectivity index (χ2n) is 5.77. The van der Waals surface area contributed by atoms with E-state index in [1.807, 2.05) is 19.9 Å². The van der Waals surface area contributed by atoms with E-state index in [4.69, 9.17) is 11.6 Å². The lowest BCUT2D eigenvalue weighted by atomic mass is 10.0. The summed E-state index contributed by atoms with van der Waals surface area (Å²) in [6, 6.07) is 3.91. The Morgan fingerprint density at radius 1 is 1.47 bits per heavy atom. The van der Waals surface area contributed by atoms with Gasteiger partial charge in [-0.3, -0.25) is 4.90 Å². The second-order valence-corrected chi connectivity index (χ2v) is 6.16. The molecule has 2 heterocycles. The lowest BCUT2D eigenvalue weighted by molar-refractivity contribution is 0.0286. The van der Waals surface area contributed by atoms with Crippen LogP contribution in [-0.4, -0.2) is 51.5 Å². The van der Waals surface area contributed by atoms with Crippen molar-refractivity contribution in [3.63, 3.8) is 0 Å². The molecular formula is C13H21ClN4O. The van der Waals surface area contributed by atoms with Crippen LogP contribution in [0.25, 0.3) is 0 Å². The third kappa shape index (κ3) is 4.93. The number of aromatic nitrogens is 2. The van der Waals surface area contributed by atoms with E-state index >= 15 is 0 Å². The minimum absolute atomic E-state index is 0.339. The van der Waals surface area contributed by atoms with E-state index in [0.717, 1.165) is 31.7 Å². The van der Waals surface area contributed by atoms with Gasteiger partial charge in [0, 0.05) is 19.1 Å². The largest absolute Gasteiger partial charge is 0.389 e. The number of rotatable bonds is 4. The summed E-state index contributed by atoms with van der Waals surface area (Å²) in [4.78, 5) is 2.28. The van der Waals surface area contributed by atoms with Crippen LogP contribution in [0.1, 0.15) is 26.7 Å². The van der Waals surface area contributed by atoms with Crippen LogP contribution in [0.15, 0.2) is 12.1 Å². The molecule has 106 valence electrons. The van der Waals surface area contributed by atoms with Crippen LogP contribution in [0.5, 0.6) is 0 Å². The number of piperidine rings is 1. The van der Waals surface area contributed by atoms with Gasteiger partial charge in [-0.15, -0.1) is 10.2 Å². The van der Waals surface area contributed by atoms with Gasteiger partial charge in [0.2, 0.25) is 0 Å². The zero-order valence-electron chi connectivity index (χ0n) is 11.4. The predicted octanol–water partition coefficient (Wildman–Crippen LogP) is 1.78. The first-order chi connectivity index (χ1) is 8.92. The van der Waals surface area contributed by atoms with Crippen LogP contribution in [0.4, 0.5) is 5.82 Å². The fraction of sp³-hybridized carbons (Fsp3) is 0.692. The van der Waals surface area contributed by atoms with Gasteiger partial charge in [-0.2, -0.15) is 0 Å². The predicted molar refractivity (Wildman–Crippen MR) is 76.4 cm³/mol. The van der Waals surface area contributed by atoms with E-state index in [2.05, 4.69) is 20.4 Å². The van der Waals surface area contributed by atoms with Crippen molar-refractivity contribution >= 4 is 17.4 Å². The molecule has 0 amide bonds. The summed E-state index contributed by atoms with van der Waals surface area (Å²) in [5.41, 5.74) is -0.651. The number of hydrogen-bond donors (Lipinski definition) is 2. The zero-order valence-corrected chi connectivity index (χ0v) is 12.2. The summed E-state index contributed by atoms with van der Waals surface area (Å²) in [5.74, 6) is 0.750. The Labute approximate surface area is 119 Å². The summed E-state index contributed by atoms with van der Waals surface area (Å²) in [5, 5.41) is 21.5. The zero-order chi connectivity index (χ0) is 13.9. The summed E-state index contributed by atoms with van der Waals surface area (Å²) >= 11 is 5.71. The molecule has 19 heavy (non-hydrogen) atoms. The number of nitrogens with zero attached hydrogens (tertiary/aromatic N) is 3. The molecule has 1 aliphatic rings. The van der Waals surface area contributed by atoms with Crippen molar-refractivity contribution in [1.29, 1.82) is 0 Å². The highest BCUT2D eigenvalue weighted by molar-refractivity contribution is 6.29. The van der Waals surface area contributed by atoms with Crippen LogP contribution in [0, 0.1) is 0 Å². The summed E-state index contributed by atoms with van der Waals surface area (Å²) < 4.78 is 0. The molecule has 0 bridgehead atoms. The smallest absolute Gasteiger partial charge is 0.151 e. The molecule has 0 saturated carbocycles. The molecule has 1 atom stereocenters. The highest BCUT2D eigenvalue weighted by Crippen LogP contribution is 2.17. The lowest BCUT2D eigenvalue weighted by Crippen LogP contribution is -2.47. The van der Waals surface area contributed by atoms with Crippen molar-refractivity contribution in [3.8, 4) is 0 Å². The lowest BCUT2D eigenvalue weighted by Gasteiger charge is -2.36. The number of likely N-dealkylation sites (tertiary alicyclic amines) is 1. The minimum atomic E-state index is -0.651. The fourth-order valence-corrected chi connectivity index (χ4v) is 2.57. The van der Waals surface area contributed by atoms with Gasteiger partial charge in [0.1, 0.15) is 5.82 Å². The molecule has 1 fully saturated rings. The molecule has 1 aromatic heterocycles. The van der Waals surface area contributed by atoms with E-state index in [1.54, 1.807) is 6.07 Å². The maximum Gasteiger partial charge on any atom is 0.151 e. The molecule has 0 radical (unpaired) electrons. The summed E-state index contributed by atoms with van der Waals surface area (Å²) in [7, 11) is 0. The summed E-state index contributed by atoms with van der Waals surface area (Å²) in [6.45, 7) is 6.32. The van der Waals surface area contributed by atoms with Gasteiger partial charge in [0.05, 0.1) is 5.60 Å². The van der Waals surface area contributed by atoms with Gasteiger partial charge >= 0.3 is 0 Å². The van der Waals surface area contributed by atoms with Crippen molar-refractivity contribution in [2.24, 2.45) is 0 Å². The molecule has 6 heteroatoms. The standard InChI is InChI=1S/C13H21ClN4O/c1-13(2,19)9-18-7-3-4-10(8-18)15-12-6-5-11(14)16-17-12/h5-6,10,19H,3-4,7-9H2,1-2H3,(H,15,17). The SMILES string of the molecule is CC(C)(O)CN1CCCC(Nc2ccc(Cl)nn2)C1. The normalized spacial score (nSPS) is 21.4. The Morgan fingerprint density at radius 2 is 2.26 bits per heavy atom. The van der Waals surface area contributed by atoms with Gasteiger partial charge < -0.3 is 10.4 Å². The van der Waals surface area contributed by atoms with Crippen molar-refractivity contribution < 1.29 is 5.11 Å². The Bertz CT molecular complexity index is 404. The Kier molecular flexibility index (Phi) is 4.60. The quantitative estimate of drug-likeness (QED) is 0.882. The van der Waals surface area contributed by atoms with Crippen LogP contribution in [0.2, 0.25) is 5.15 Å². The van der Waals surface area contributed by atoms with E-state index in [-0.39, 0.29) is 0 Å². The first kappa shape index (κ1) is 14.5. The van der Waals surface area contributed by atoms with E-state index in [1.165, 1.54) is 0 Å². The Balaban J connectivity index is 1.89. The van der Waals surface area contributed by atoms with Gasteiger partial charge in [0.25, 0.3) is 0 Å². The van der Waals surface area contributed by atoms with Crippen LogP contribution < -0.4 is 5.32 Å². The van der Waals surface area contributed by atoms with E-state index in [0.29, 0.717) is 17.7 Å². The van der Waals surface area contributed by atoms with Gasteiger partial charge in [-0.1, -0.05) is 11.6 Å². The van der Waals surface area contributed by atoms with E-state index in [9.17, 15) is 5.11 Å². The number of hydrogen-bond acceptors (Lipinski definition) is 5. The van der Waals surface area contributed by atoms with Gasteiger partial charge in [-0.05, 0) is 45.4 Å². The Hall–Kier alpha value is -0.910. The van der Waals surface area contributed by atoms with Crippen LogP contribution in [-0.2, 0) is 0 Å². The third-order valence-corrected chi connectivity index (χ3v) is 3.30. The monoisotopic (exact) mass is 284 g/mol. The van der Waals surface area contributed by atoms with Gasteiger partial charge in [-0.25, -0.2) is 0 Å². The van der Waals surface area contributed by atoms with Crippen LogP contribution >= 0.6 is 11.6 Å². The van der Waals surface area contributed by atoms with Crippen LogP contribution in [0.3, 0.4) is 0 Å². The van der Waals surface area contributed by atoms with Gasteiger partial charge in [0.15, 0.2) is 5.15 Å². The van der Waals surface area contributed by atoms with Crippen molar-refractivity contribution in [1.82, 2.24) is 15.1 Å². The average molecular weight is 285 g/mol. The minimum Gasteiger partial charge on any atom is -0.389 e. The summed E-state index contributed by atoms with van der Waals surface area (Å²) in [6.07, 6.45) is 2.22. The molecule has 1 unspecified atom stereocenters. The topological polar surface area (TPSA) is 61.3 Å². The number of β-amino-alcohol motifs (C(OH)–C–C–N with tert-alkyl or cyclic N) is 1. The van der Waals surface area contributed by atoms with Crippen molar-refractivity contribution in [2.45, 2.75) is 38.3 Å². The molecule has 5 nitrogen and oxygen atoms in total. The molecule has 0 aromatic carbocycles. The first-order valence-corrected chi connectivity index (χ1v) is 7.01. The molecular weight excluding hydrogens is 264 g/mol. The molecule has 1 aromatic rings. The number of aliphatic hydroxyl groups is 1. The molecule has 1 aliphatic heterocycles. The number of anilines is 1. The molecule has 1 saturated heterocycles. The maximum atomic E-state index is 9.88. The molecule has 0 aliphatic carbocycles. The number of nitrogens with one attached hydrogen (secondary N) is 1. The molecule has 2 rings (SSSR count). The van der Waals surface area contributed by atoms with Crippen molar-refractivity contribution in [2.75, 3.05) is 25.0 Å². The first-order valence-electron chi connectivity index (χ1n) is 6.63. The fourth-order valence-electron chi connectivity index (χ4n) is 2.47. The number of halogens is 1. The second kappa shape index (κ2) is 6.03. The average Bonchev–Trinajstić information content (AvgIpc) is 2.30. The maximum absolute atomic E-state index is 9.88. The van der Waals surface area contributed by atoms with E-state index < -0.39 is 5.60 Å². The molecule has 2 N–H and O–H groups in total. The van der Waals surface area contributed by atoms with Crippen molar-refractivity contribution in [3.05, 3.63) is 17.3 Å². The third-order valence-electron chi connectivity index (χ3n) is 3.10. The Morgan fingerprint density at radius 3 is 2.89 bits per heavy atom. The highest BCUT2D eigenvalue weighted by atomic mass is 35.5.